The highest BCUT2D eigenvalue weighted by atomic mass is 32.2. The van der Waals surface area contributed by atoms with E-state index >= 15 is 0 Å². The number of fused-ring (bicyclic) bond motifs is 1. The van der Waals surface area contributed by atoms with Crippen LogP contribution < -0.4 is 14.8 Å². The predicted octanol–water partition coefficient (Wildman–Crippen LogP) is 2.54. The standard InChI is InChI=1S/C18H26N2O3S/c1-20(14-5-8-19-9-6-14)18(21)7-12-24-15-3-4-16-17(13-15)23-11-2-10-22-16/h3-4,13-14,19H,2,5-12H2,1H3. The molecule has 1 amide bonds. The zero-order chi connectivity index (χ0) is 16.8. The van der Waals surface area contributed by atoms with Crippen LogP contribution in [0.5, 0.6) is 11.5 Å². The minimum atomic E-state index is 0.240. The number of benzene rings is 1. The van der Waals surface area contributed by atoms with E-state index in [9.17, 15) is 4.79 Å². The molecule has 0 saturated carbocycles. The van der Waals surface area contributed by atoms with E-state index in [4.69, 9.17) is 9.47 Å². The van der Waals surface area contributed by atoms with Crippen molar-refractivity contribution < 1.29 is 14.3 Å². The number of thioether (sulfide) groups is 1. The van der Waals surface area contributed by atoms with Crippen molar-refractivity contribution in [2.45, 2.75) is 36.6 Å². The summed E-state index contributed by atoms with van der Waals surface area (Å²) < 4.78 is 11.4. The average molecular weight is 350 g/mol. The van der Waals surface area contributed by atoms with E-state index in [0.29, 0.717) is 25.7 Å². The Kier molecular flexibility index (Phi) is 6.26. The highest BCUT2D eigenvalue weighted by Crippen LogP contribution is 2.34. The fraction of sp³-hybridized carbons (Fsp3) is 0.611. The number of carbonyl (C=O) groups is 1. The van der Waals surface area contributed by atoms with Gasteiger partial charge in [-0.2, -0.15) is 0 Å². The number of piperidine rings is 1. The molecule has 0 atom stereocenters. The number of carbonyl (C=O) groups excluding carboxylic acids is 1. The Morgan fingerprint density at radius 3 is 2.79 bits per heavy atom. The molecule has 0 radical (unpaired) electrons. The Balaban J connectivity index is 1.47. The quantitative estimate of drug-likeness (QED) is 0.827. The average Bonchev–Trinajstić information content (AvgIpc) is 2.86. The van der Waals surface area contributed by atoms with Gasteiger partial charge in [0, 0.05) is 36.6 Å². The van der Waals surface area contributed by atoms with E-state index < -0.39 is 0 Å². The molecule has 5 nitrogen and oxygen atoms in total. The van der Waals surface area contributed by atoms with Crippen LogP contribution in [0.4, 0.5) is 0 Å². The van der Waals surface area contributed by atoms with Crippen LogP contribution in [0.2, 0.25) is 0 Å². The second-order valence-corrected chi connectivity index (χ2v) is 7.41. The lowest BCUT2D eigenvalue weighted by Gasteiger charge is -2.31. The molecule has 3 rings (SSSR count). The predicted molar refractivity (Wildman–Crippen MR) is 96.1 cm³/mol. The molecule has 132 valence electrons. The normalized spacial score (nSPS) is 18.0. The molecule has 24 heavy (non-hydrogen) atoms. The van der Waals surface area contributed by atoms with Crippen LogP contribution >= 0.6 is 11.8 Å². The molecule has 1 N–H and O–H groups in total. The Morgan fingerprint density at radius 2 is 2.00 bits per heavy atom. The lowest BCUT2D eigenvalue weighted by molar-refractivity contribution is -0.131. The molecule has 1 fully saturated rings. The summed E-state index contributed by atoms with van der Waals surface area (Å²) in [6.45, 7) is 3.42. The highest BCUT2D eigenvalue weighted by molar-refractivity contribution is 7.99. The van der Waals surface area contributed by atoms with Crippen molar-refractivity contribution in [2.24, 2.45) is 0 Å². The monoisotopic (exact) mass is 350 g/mol. The van der Waals surface area contributed by atoms with E-state index in [0.717, 1.165) is 54.5 Å². The van der Waals surface area contributed by atoms with Crippen LogP contribution in [0.3, 0.4) is 0 Å². The van der Waals surface area contributed by atoms with Gasteiger partial charge < -0.3 is 19.7 Å². The molecule has 1 saturated heterocycles. The molecule has 1 aromatic carbocycles. The van der Waals surface area contributed by atoms with Gasteiger partial charge in [-0.05, 0) is 44.1 Å². The Hall–Kier alpha value is -1.40. The Bertz CT molecular complexity index is 561. The number of rotatable bonds is 5. The number of ether oxygens (including phenoxy) is 2. The van der Waals surface area contributed by atoms with E-state index in [1.165, 1.54) is 0 Å². The summed E-state index contributed by atoms with van der Waals surface area (Å²) in [5.74, 6) is 2.66. The summed E-state index contributed by atoms with van der Waals surface area (Å²) in [5, 5.41) is 3.34. The van der Waals surface area contributed by atoms with Gasteiger partial charge in [-0.3, -0.25) is 4.79 Å². The third-order valence-electron chi connectivity index (χ3n) is 4.55. The van der Waals surface area contributed by atoms with Crippen molar-refractivity contribution in [3.05, 3.63) is 18.2 Å². The maximum atomic E-state index is 12.4. The van der Waals surface area contributed by atoms with Crippen LogP contribution in [-0.2, 0) is 4.79 Å². The second kappa shape index (κ2) is 8.62. The van der Waals surface area contributed by atoms with E-state index in [-0.39, 0.29) is 5.91 Å². The molecule has 1 aromatic rings. The van der Waals surface area contributed by atoms with Gasteiger partial charge in [-0.1, -0.05) is 0 Å². The largest absolute Gasteiger partial charge is 0.490 e. The summed E-state index contributed by atoms with van der Waals surface area (Å²) in [4.78, 5) is 15.4. The number of hydrogen-bond acceptors (Lipinski definition) is 5. The fourth-order valence-corrected chi connectivity index (χ4v) is 3.93. The van der Waals surface area contributed by atoms with Gasteiger partial charge in [-0.15, -0.1) is 11.8 Å². The summed E-state index contributed by atoms with van der Waals surface area (Å²) >= 11 is 1.70. The molecule has 0 unspecified atom stereocenters. The first-order valence-corrected chi connectivity index (χ1v) is 9.71. The fourth-order valence-electron chi connectivity index (χ4n) is 3.06. The van der Waals surface area contributed by atoms with Crippen LogP contribution in [0.25, 0.3) is 0 Å². The Morgan fingerprint density at radius 1 is 1.25 bits per heavy atom. The smallest absolute Gasteiger partial charge is 0.223 e. The van der Waals surface area contributed by atoms with E-state index in [1.807, 2.05) is 30.1 Å². The molecule has 0 aliphatic carbocycles. The van der Waals surface area contributed by atoms with E-state index in [1.54, 1.807) is 11.8 Å². The third kappa shape index (κ3) is 4.57. The SMILES string of the molecule is CN(C(=O)CCSc1ccc2c(c1)OCCCO2)C1CCNCC1. The van der Waals surface area contributed by atoms with Crippen molar-refractivity contribution in [1.82, 2.24) is 10.2 Å². The maximum Gasteiger partial charge on any atom is 0.223 e. The minimum Gasteiger partial charge on any atom is -0.490 e. The molecule has 6 heteroatoms. The highest BCUT2D eigenvalue weighted by Gasteiger charge is 2.21. The molecule has 2 heterocycles. The van der Waals surface area contributed by atoms with E-state index in [2.05, 4.69) is 5.32 Å². The van der Waals surface area contributed by atoms with Gasteiger partial charge in [0.05, 0.1) is 13.2 Å². The topological polar surface area (TPSA) is 50.8 Å². The van der Waals surface area contributed by atoms with Crippen molar-refractivity contribution >= 4 is 17.7 Å². The van der Waals surface area contributed by atoms with Gasteiger partial charge in [-0.25, -0.2) is 0 Å². The maximum absolute atomic E-state index is 12.4. The van der Waals surface area contributed by atoms with Gasteiger partial charge in [0.15, 0.2) is 11.5 Å². The Labute approximate surface area is 148 Å². The van der Waals surface area contributed by atoms with Crippen molar-refractivity contribution in [1.29, 1.82) is 0 Å². The lowest BCUT2D eigenvalue weighted by Crippen LogP contribution is -2.44. The van der Waals surface area contributed by atoms with Crippen LogP contribution in [0.1, 0.15) is 25.7 Å². The van der Waals surface area contributed by atoms with Crippen LogP contribution in [0, 0.1) is 0 Å². The zero-order valence-electron chi connectivity index (χ0n) is 14.3. The summed E-state index contributed by atoms with van der Waals surface area (Å²) in [6.07, 6.45) is 3.59. The summed E-state index contributed by atoms with van der Waals surface area (Å²) in [7, 11) is 1.94. The molecule has 2 aliphatic heterocycles. The number of nitrogens with one attached hydrogen (secondary N) is 1. The molecule has 0 spiro atoms. The van der Waals surface area contributed by atoms with Gasteiger partial charge >= 0.3 is 0 Å². The second-order valence-electron chi connectivity index (χ2n) is 6.24. The van der Waals surface area contributed by atoms with Crippen LogP contribution in [0.15, 0.2) is 23.1 Å². The number of hydrogen-bond donors (Lipinski definition) is 1. The van der Waals surface area contributed by atoms with Crippen LogP contribution in [-0.4, -0.2) is 56.0 Å². The van der Waals surface area contributed by atoms with Gasteiger partial charge in [0.1, 0.15) is 0 Å². The first kappa shape index (κ1) is 17.4. The number of amides is 1. The minimum absolute atomic E-state index is 0.240. The molecular weight excluding hydrogens is 324 g/mol. The zero-order valence-corrected chi connectivity index (χ0v) is 15.1. The first-order chi connectivity index (χ1) is 11.7. The molecule has 2 aliphatic rings. The summed E-state index contributed by atoms with van der Waals surface area (Å²) in [5.41, 5.74) is 0. The third-order valence-corrected chi connectivity index (χ3v) is 5.55. The first-order valence-electron chi connectivity index (χ1n) is 8.73. The summed E-state index contributed by atoms with van der Waals surface area (Å²) in [6, 6.07) is 6.42. The molecule has 0 aromatic heterocycles. The molecular formula is C18H26N2O3S. The van der Waals surface area contributed by atoms with Crippen molar-refractivity contribution in [2.75, 3.05) is 39.1 Å². The van der Waals surface area contributed by atoms with Crippen molar-refractivity contribution in [3.8, 4) is 11.5 Å². The van der Waals surface area contributed by atoms with Gasteiger partial charge in [0.25, 0.3) is 0 Å². The number of nitrogens with zero attached hydrogens (tertiary/aromatic N) is 1. The molecule has 0 bridgehead atoms. The van der Waals surface area contributed by atoms with Crippen molar-refractivity contribution in [3.63, 3.8) is 0 Å². The van der Waals surface area contributed by atoms with Gasteiger partial charge in [0.2, 0.25) is 5.91 Å². The lowest BCUT2D eigenvalue weighted by atomic mass is 10.1.